The fourth-order valence-electron chi connectivity index (χ4n) is 2.94. The van der Waals surface area contributed by atoms with Gasteiger partial charge in [-0.3, -0.25) is 4.79 Å². The highest BCUT2D eigenvalue weighted by Gasteiger charge is 2.49. The number of aliphatic imine (C=N–C) groups is 1. The molecule has 2 aliphatic rings. The number of rotatable bonds is 4. The minimum Gasteiger partial charge on any atom is -0.406 e. The summed E-state index contributed by atoms with van der Waals surface area (Å²) in [5, 5.41) is -0.0124. The van der Waals surface area contributed by atoms with E-state index < -0.39 is 33.9 Å². The molecule has 27 heavy (non-hydrogen) atoms. The summed E-state index contributed by atoms with van der Waals surface area (Å²) in [6.07, 6.45) is -4.81. The lowest BCUT2D eigenvalue weighted by Crippen LogP contribution is -2.37. The van der Waals surface area contributed by atoms with Crippen LogP contribution in [0.25, 0.3) is 0 Å². The molecule has 0 spiro atoms. The van der Waals surface area contributed by atoms with Gasteiger partial charge in [-0.05, 0) is 24.3 Å². The van der Waals surface area contributed by atoms with Crippen LogP contribution in [-0.2, 0) is 19.4 Å². The van der Waals surface area contributed by atoms with E-state index in [1.54, 1.807) is 4.90 Å². The first kappa shape index (κ1) is 20.0. The number of sulfone groups is 1. The van der Waals surface area contributed by atoms with Crippen molar-refractivity contribution < 1.29 is 35.9 Å². The molecule has 0 N–H and O–H groups in total. The van der Waals surface area contributed by atoms with E-state index in [0.29, 0.717) is 10.9 Å². The van der Waals surface area contributed by atoms with E-state index in [9.17, 15) is 26.4 Å². The maximum absolute atomic E-state index is 12.3. The molecule has 0 radical (unpaired) electrons. The first-order chi connectivity index (χ1) is 12.6. The quantitative estimate of drug-likeness (QED) is 0.729. The summed E-state index contributed by atoms with van der Waals surface area (Å²) < 4.78 is 69.4. The highest BCUT2D eigenvalue weighted by Crippen LogP contribution is 2.41. The van der Waals surface area contributed by atoms with Crippen molar-refractivity contribution in [3.05, 3.63) is 24.3 Å². The van der Waals surface area contributed by atoms with Gasteiger partial charge >= 0.3 is 6.36 Å². The van der Waals surface area contributed by atoms with Crippen molar-refractivity contribution in [3.8, 4) is 5.75 Å². The lowest BCUT2D eigenvalue weighted by molar-refractivity contribution is -0.274. The first-order valence-electron chi connectivity index (χ1n) is 7.70. The van der Waals surface area contributed by atoms with E-state index in [4.69, 9.17) is 4.74 Å². The van der Waals surface area contributed by atoms with E-state index >= 15 is 0 Å². The second-order valence-corrected chi connectivity index (χ2v) is 9.29. The summed E-state index contributed by atoms with van der Waals surface area (Å²) in [6, 6.07) is 4.53. The van der Waals surface area contributed by atoms with Crippen LogP contribution in [0.5, 0.6) is 5.75 Å². The number of hydrogen-bond acceptors (Lipinski definition) is 6. The first-order valence-corrected chi connectivity index (χ1v) is 10.4. The van der Waals surface area contributed by atoms with Crippen molar-refractivity contribution in [2.24, 2.45) is 4.99 Å². The molecular formula is C15H15F3N2O5S2. The van der Waals surface area contributed by atoms with Gasteiger partial charge in [0.15, 0.2) is 15.0 Å². The minimum atomic E-state index is -4.81. The molecule has 2 saturated heterocycles. The number of amidine groups is 1. The van der Waals surface area contributed by atoms with Crippen molar-refractivity contribution in [1.82, 2.24) is 0 Å². The number of alkyl halides is 3. The molecular weight excluding hydrogens is 409 g/mol. The number of thioether (sulfide) groups is 1. The lowest BCUT2D eigenvalue weighted by atomic mass is 10.2. The number of benzene rings is 1. The predicted octanol–water partition coefficient (Wildman–Crippen LogP) is 1.83. The molecule has 0 aromatic heterocycles. The van der Waals surface area contributed by atoms with Gasteiger partial charge in [-0.2, -0.15) is 4.99 Å². The molecule has 1 aromatic rings. The van der Waals surface area contributed by atoms with Gasteiger partial charge in [0.25, 0.3) is 5.91 Å². The molecule has 3 rings (SSSR count). The van der Waals surface area contributed by atoms with Crippen LogP contribution in [0.3, 0.4) is 0 Å². The van der Waals surface area contributed by atoms with Crippen molar-refractivity contribution in [2.45, 2.75) is 17.7 Å². The van der Waals surface area contributed by atoms with Crippen molar-refractivity contribution in [1.29, 1.82) is 0 Å². The van der Waals surface area contributed by atoms with Crippen LogP contribution < -0.4 is 9.64 Å². The number of ether oxygens (including phenoxy) is 2. The summed E-state index contributed by atoms with van der Waals surface area (Å²) in [6.45, 7) is -0.232. The predicted molar refractivity (Wildman–Crippen MR) is 93.7 cm³/mol. The van der Waals surface area contributed by atoms with Crippen molar-refractivity contribution in [3.63, 3.8) is 0 Å². The molecule has 12 heteroatoms. The van der Waals surface area contributed by atoms with Crippen LogP contribution in [0.4, 0.5) is 18.9 Å². The zero-order valence-corrected chi connectivity index (χ0v) is 15.6. The molecule has 2 aliphatic heterocycles. The van der Waals surface area contributed by atoms with Crippen LogP contribution in [0.1, 0.15) is 0 Å². The Balaban J connectivity index is 1.91. The molecule has 2 fully saturated rings. The number of fused-ring (bicyclic) bond motifs is 1. The zero-order chi connectivity index (χ0) is 19.8. The standard InChI is InChI=1S/C15H15F3N2O5S2/c1-24-6-13(21)19-14-20(11-7-27(22,23)8-12(11)26-14)9-2-4-10(5-3-9)25-15(16,17)18/h2-5,11-12H,6-8H2,1H3. The summed E-state index contributed by atoms with van der Waals surface area (Å²) in [5.41, 5.74) is 0.422. The summed E-state index contributed by atoms with van der Waals surface area (Å²) in [7, 11) is -1.90. The fourth-order valence-corrected chi connectivity index (χ4v) is 6.87. The second-order valence-electron chi connectivity index (χ2n) is 5.93. The highest BCUT2D eigenvalue weighted by atomic mass is 32.2. The number of anilines is 1. The molecule has 0 aliphatic carbocycles. The van der Waals surface area contributed by atoms with E-state index in [1.165, 1.54) is 19.2 Å². The van der Waals surface area contributed by atoms with Gasteiger partial charge in [0.2, 0.25) is 0 Å². The normalized spacial score (nSPS) is 25.6. The van der Waals surface area contributed by atoms with Gasteiger partial charge in [-0.25, -0.2) is 8.42 Å². The highest BCUT2D eigenvalue weighted by molar-refractivity contribution is 8.16. The molecule has 1 amide bonds. The number of methoxy groups -OCH3 is 1. The van der Waals surface area contributed by atoms with E-state index in [1.807, 2.05) is 0 Å². The topological polar surface area (TPSA) is 85.3 Å². The second kappa shape index (κ2) is 7.32. The third kappa shape index (κ3) is 4.74. The molecule has 7 nitrogen and oxygen atoms in total. The Hall–Kier alpha value is -1.79. The molecule has 0 saturated carbocycles. The Morgan fingerprint density at radius 3 is 2.56 bits per heavy atom. The number of carbonyl (C=O) groups excluding carboxylic acids is 1. The molecule has 148 valence electrons. The molecule has 2 unspecified atom stereocenters. The third-order valence-electron chi connectivity index (χ3n) is 3.90. The number of amides is 1. The monoisotopic (exact) mass is 424 g/mol. The number of nitrogens with zero attached hydrogens (tertiary/aromatic N) is 2. The average molecular weight is 424 g/mol. The van der Waals surface area contributed by atoms with Gasteiger partial charge in [-0.1, -0.05) is 11.8 Å². The van der Waals surface area contributed by atoms with E-state index in [0.717, 1.165) is 23.9 Å². The SMILES string of the molecule is COCC(=O)N=C1SC2CS(=O)(=O)CC2N1c1ccc(OC(F)(F)F)cc1. The third-order valence-corrected chi connectivity index (χ3v) is 7.11. The van der Waals surface area contributed by atoms with E-state index in [-0.39, 0.29) is 23.4 Å². The van der Waals surface area contributed by atoms with Gasteiger partial charge in [0, 0.05) is 18.0 Å². The Bertz CT molecular complexity index is 855. The van der Waals surface area contributed by atoms with Crippen LogP contribution in [0.2, 0.25) is 0 Å². The smallest absolute Gasteiger partial charge is 0.406 e. The molecule has 1 aromatic carbocycles. The maximum atomic E-state index is 12.3. The minimum absolute atomic E-state index is 0.0500. The Kier molecular flexibility index (Phi) is 5.41. The van der Waals surface area contributed by atoms with E-state index in [2.05, 4.69) is 9.73 Å². The molecule has 0 bridgehead atoms. The van der Waals surface area contributed by atoms with Crippen LogP contribution >= 0.6 is 11.8 Å². The lowest BCUT2D eigenvalue weighted by Gasteiger charge is -2.24. The van der Waals surface area contributed by atoms with Gasteiger partial charge in [0.1, 0.15) is 12.4 Å². The molecule has 2 heterocycles. The summed E-state index contributed by atoms with van der Waals surface area (Å²) in [5.74, 6) is -1.11. The maximum Gasteiger partial charge on any atom is 0.573 e. The van der Waals surface area contributed by atoms with Gasteiger partial charge < -0.3 is 14.4 Å². The van der Waals surface area contributed by atoms with Crippen molar-refractivity contribution in [2.75, 3.05) is 30.1 Å². The summed E-state index contributed by atoms with van der Waals surface area (Å²) >= 11 is 1.16. The average Bonchev–Trinajstić information content (AvgIpc) is 2.98. The number of halogens is 3. The summed E-state index contributed by atoms with van der Waals surface area (Å²) in [4.78, 5) is 17.4. The fraction of sp³-hybridized carbons (Fsp3) is 0.467. The number of carbonyl (C=O) groups is 1. The van der Waals surface area contributed by atoms with Crippen molar-refractivity contribution >= 4 is 38.4 Å². The Morgan fingerprint density at radius 1 is 1.30 bits per heavy atom. The van der Waals surface area contributed by atoms with Crippen LogP contribution in [0.15, 0.2) is 29.3 Å². The van der Waals surface area contributed by atoms with Gasteiger partial charge in [0.05, 0.1) is 17.5 Å². The Labute approximate surface area is 157 Å². The van der Waals surface area contributed by atoms with Crippen LogP contribution in [-0.4, -0.2) is 62.4 Å². The van der Waals surface area contributed by atoms with Gasteiger partial charge in [-0.15, -0.1) is 13.2 Å². The Morgan fingerprint density at radius 2 is 1.96 bits per heavy atom. The zero-order valence-electron chi connectivity index (χ0n) is 14.0. The largest absolute Gasteiger partial charge is 0.573 e. The van der Waals surface area contributed by atoms with Crippen LogP contribution in [0, 0.1) is 0 Å². The number of hydrogen-bond donors (Lipinski definition) is 0. The molecule has 2 atom stereocenters.